The lowest BCUT2D eigenvalue weighted by Gasteiger charge is -2.30. The molecule has 0 aromatic carbocycles. The van der Waals surface area contributed by atoms with Crippen molar-refractivity contribution in [1.82, 2.24) is 15.3 Å². The number of carbonyl (C=O) groups excluding carboxylic acids is 2. The second-order valence-corrected chi connectivity index (χ2v) is 6.34. The van der Waals surface area contributed by atoms with E-state index in [9.17, 15) is 9.59 Å². The van der Waals surface area contributed by atoms with Crippen molar-refractivity contribution in [2.45, 2.75) is 19.8 Å². The van der Waals surface area contributed by atoms with E-state index < -0.39 is 0 Å². The Kier molecular flexibility index (Phi) is 3.92. The van der Waals surface area contributed by atoms with Crippen LogP contribution in [0.3, 0.4) is 0 Å². The highest BCUT2D eigenvalue weighted by molar-refractivity contribution is 8.18. The molecule has 6 nitrogen and oxygen atoms in total. The quantitative estimate of drug-likeness (QED) is 0.843. The van der Waals surface area contributed by atoms with Gasteiger partial charge in [-0.1, -0.05) is 6.92 Å². The SMILES string of the molecule is CC1CCCN(c2nccc(C=C3SC(=O)NC3=O)n2)C1. The van der Waals surface area contributed by atoms with Gasteiger partial charge in [-0.3, -0.25) is 14.9 Å². The first kappa shape index (κ1) is 14.1. The summed E-state index contributed by atoms with van der Waals surface area (Å²) in [5.41, 5.74) is 0.644. The van der Waals surface area contributed by atoms with Crippen molar-refractivity contribution >= 4 is 34.9 Å². The van der Waals surface area contributed by atoms with Crippen molar-refractivity contribution in [2.24, 2.45) is 5.92 Å². The van der Waals surface area contributed by atoms with Crippen molar-refractivity contribution < 1.29 is 9.59 Å². The molecule has 2 aliphatic heterocycles. The number of amides is 2. The summed E-state index contributed by atoms with van der Waals surface area (Å²) in [6.45, 7) is 4.13. The lowest BCUT2D eigenvalue weighted by atomic mass is 10.0. The van der Waals surface area contributed by atoms with Gasteiger partial charge in [0, 0.05) is 19.3 Å². The van der Waals surface area contributed by atoms with E-state index in [1.165, 1.54) is 6.42 Å². The molecule has 3 heterocycles. The number of piperidine rings is 1. The molecule has 0 aliphatic carbocycles. The average molecular weight is 304 g/mol. The first-order valence-electron chi connectivity index (χ1n) is 6.94. The van der Waals surface area contributed by atoms with Crippen LogP contribution in [-0.4, -0.2) is 34.2 Å². The zero-order valence-corrected chi connectivity index (χ0v) is 12.5. The van der Waals surface area contributed by atoms with Gasteiger partial charge in [-0.15, -0.1) is 0 Å². The maximum absolute atomic E-state index is 11.5. The third-order valence-corrected chi connectivity index (χ3v) is 4.34. The van der Waals surface area contributed by atoms with Crippen molar-refractivity contribution in [3.05, 3.63) is 22.9 Å². The fraction of sp³-hybridized carbons (Fsp3) is 0.429. The normalized spacial score (nSPS) is 24.5. The van der Waals surface area contributed by atoms with E-state index in [1.54, 1.807) is 18.3 Å². The van der Waals surface area contributed by atoms with E-state index in [-0.39, 0.29) is 11.1 Å². The second-order valence-electron chi connectivity index (χ2n) is 5.33. The molecule has 1 aromatic rings. The Morgan fingerprint density at radius 3 is 3.05 bits per heavy atom. The topological polar surface area (TPSA) is 75.2 Å². The Labute approximate surface area is 127 Å². The molecule has 2 aliphatic rings. The van der Waals surface area contributed by atoms with E-state index in [2.05, 4.69) is 27.1 Å². The lowest BCUT2D eigenvalue weighted by Crippen LogP contribution is -2.35. The van der Waals surface area contributed by atoms with Gasteiger partial charge in [0.1, 0.15) is 0 Å². The molecule has 2 saturated heterocycles. The van der Waals surface area contributed by atoms with Crippen LogP contribution >= 0.6 is 11.8 Å². The highest BCUT2D eigenvalue weighted by Gasteiger charge is 2.25. The average Bonchev–Trinajstić information content (AvgIpc) is 2.77. The Balaban J connectivity index is 1.82. The van der Waals surface area contributed by atoms with Crippen LogP contribution in [0.15, 0.2) is 17.2 Å². The number of thioether (sulfide) groups is 1. The van der Waals surface area contributed by atoms with E-state index in [1.807, 2.05) is 0 Å². The number of carbonyl (C=O) groups is 2. The molecule has 1 N–H and O–H groups in total. The summed E-state index contributed by atoms with van der Waals surface area (Å²) >= 11 is 0.898. The first-order chi connectivity index (χ1) is 10.1. The molecule has 3 rings (SSSR count). The molecule has 0 spiro atoms. The van der Waals surface area contributed by atoms with Gasteiger partial charge >= 0.3 is 0 Å². The summed E-state index contributed by atoms with van der Waals surface area (Å²) in [5.74, 6) is 0.959. The number of imide groups is 1. The monoisotopic (exact) mass is 304 g/mol. The van der Waals surface area contributed by atoms with Crippen LogP contribution in [-0.2, 0) is 4.79 Å². The standard InChI is InChI=1S/C14H16N4O2S/c1-9-3-2-6-18(8-9)13-15-5-4-10(16-13)7-11-12(19)17-14(20)21-11/h4-5,7,9H,2-3,6,8H2,1H3,(H,17,19,20). The van der Waals surface area contributed by atoms with Gasteiger partial charge < -0.3 is 4.90 Å². The molecule has 0 radical (unpaired) electrons. The molecule has 1 aromatic heterocycles. The largest absolute Gasteiger partial charge is 0.341 e. The minimum Gasteiger partial charge on any atom is -0.341 e. The molecule has 0 bridgehead atoms. The van der Waals surface area contributed by atoms with E-state index in [4.69, 9.17) is 0 Å². The number of rotatable bonds is 2. The van der Waals surface area contributed by atoms with Crippen LogP contribution in [0.4, 0.5) is 10.7 Å². The predicted molar refractivity (Wildman–Crippen MR) is 81.7 cm³/mol. The van der Waals surface area contributed by atoms with E-state index in [0.29, 0.717) is 22.5 Å². The van der Waals surface area contributed by atoms with Gasteiger partial charge in [-0.25, -0.2) is 9.97 Å². The Morgan fingerprint density at radius 1 is 1.48 bits per heavy atom. The molecular formula is C14H16N4O2S. The summed E-state index contributed by atoms with van der Waals surface area (Å²) in [6, 6.07) is 1.74. The van der Waals surface area contributed by atoms with Crippen molar-refractivity contribution in [2.75, 3.05) is 18.0 Å². The smallest absolute Gasteiger partial charge is 0.290 e. The molecule has 1 atom stereocenters. The lowest BCUT2D eigenvalue weighted by molar-refractivity contribution is -0.115. The summed E-state index contributed by atoms with van der Waals surface area (Å²) in [6.07, 6.45) is 5.69. The van der Waals surface area contributed by atoms with Gasteiger partial charge in [0.25, 0.3) is 11.1 Å². The maximum atomic E-state index is 11.5. The van der Waals surface area contributed by atoms with Gasteiger partial charge in [0.15, 0.2) is 0 Å². The van der Waals surface area contributed by atoms with Crippen LogP contribution in [0, 0.1) is 5.92 Å². The molecule has 0 saturated carbocycles. The Bertz CT molecular complexity index is 617. The number of hydrogen-bond acceptors (Lipinski definition) is 6. The fourth-order valence-corrected chi connectivity index (χ4v) is 3.19. The second kappa shape index (κ2) is 5.85. The zero-order chi connectivity index (χ0) is 14.8. The molecule has 2 amide bonds. The van der Waals surface area contributed by atoms with Crippen LogP contribution < -0.4 is 10.2 Å². The number of nitrogens with one attached hydrogen (secondary N) is 1. The van der Waals surface area contributed by atoms with E-state index in [0.717, 1.165) is 31.3 Å². The summed E-state index contributed by atoms with van der Waals surface area (Å²) in [5, 5.41) is 1.89. The van der Waals surface area contributed by atoms with Gasteiger partial charge in [0.2, 0.25) is 5.95 Å². The molecule has 1 unspecified atom stereocenters. The molecule has 2 fully saturated rings. The number of aromatic nitrogens is 2. The van der Waals surface area contributed by atoms with Crippen molar-refractivity contribution in [3.63, 3.8) is 0 Å². The van der Waals surface area contributed by atoms with Crippen molar-refractivity contribution in [3.8, 4) is 0 Å². The maximum Gasteiger partial charge on any atom is 0.290 e. The fourth-order valence-electron chi connectivity index (χ4n) is 2.52. The third-order valence-electron chi connectivity index (χ3n) is 3.53. The summed E-state index contributed by atoms with van der Waals surface area (Å²) in [7, 11) is 0. The minimum atomic E-state index is -0.364. The van der Waals surface area contributed by atoms with Gasteiger partial charge in [-0.05, 0) is 42.7 Å². The minimum absolute atomic E-state index is 0.342. The Hall–Kier alpha value is -1.89. The molecule has 7 heteroatoms. The summed E-state index contributed by atoms with van der Waals surface area (Å²) < 4.78 is 0. The number of nitrogens with zero attached hydrogens (tertiary/aromatic N) is 3. The summed E-state index contributed by atoms with van der Waals surface area (Å²) in [4.78, 5) is 34.0. The molecule has 21 heavy (non-hydrogen) atoms. The van der Waals surface area contributed by atoms with E-state index >= 15 is 0 Å². The zero-order valence-electron chi connectivity index (χ0n) is 11.7. The highest BCUT2D eigenvalue weighted by Crippen LogP contribution is 2.25. The molecule has 110 valence electrons. The Morgan fingerprint density at radius 2 is 2.33 bits per heavy atom. The first-order valence-corrected chi connectivity index (χ1v) is 7.76. The van der Waals surface area contributed by atoms with Crippen LogP contribution in [0.1, 0.15) is 25.5 Å². The van der Waals surface area contributed by atoms with Crippen LogP contribution in [0.5, 0.6) is 0 Å². The number of hydrogen-bond donors (Lipinski definition) is 1. The van der Waals surface area contributed by atoms with Gasteiger partial charge in [0.05, 0.1) is 10.6 Å². The number of anilines is 1. The van der Waals surface area contributed by atoms with Crippen molar-refractivity contribution in [1.29, 1.82) is 0 Å². The van der Waals surface area contributed by atoms with Gasteiger partial charge in [-0.2, -0.15) is 0 Å². The predicted octanol–water partition coefficient (Wildman–Crippen LogP) is 2.04. The highest BCUT2D eigenvalue weighted by atomic mass is 32.2. The molecular weight excluding hydrogens is 288 g/mol. The third kappa shape index (κ3) is 3.24. The van der Waals surface area contributed by atoms with Crippen LogP contribution in [0.2, 0.25) is 0 Å². The van der Waals surface area contributed by atoms with Crippen LogP contribution in [0.25, 0.3) is 6.08 Å².